The van der Waals surface area contributed by atoms with Crippen LogP contribution in [0.4, 0.5) is 10.2 Å². The highest BCUT2D eigenvalue weighted by molar-refractivity contribution is 6.30. The van der Waals surface area contributed by atoms with Gasteiger partial charge in [-0.2, -0.15) is 0 Å². The van der Waals surface area contributed by atoms with Crippen LogP contribution < -0.4 is 10.2 Å². The molecular formula is C27H35ClFN5O. The van der Waals surface area contributed by atoms with Crippen LogP contribution in [-0.2, 0) is 11.2 Å². The average Bonchev–Trinajstić information content (AvgIpc) is 3.53. The van der Waals surface area contributed by atoms with Crippen LogP contribution in [0.1, 0.15) is 67.7 Å². The van der Waals surface area contributed by atoms with E-state index in [2.05, 4.69) is 27.1 Å². The molecule has 2 aliphatic carbocycles. The van der Waals surface area contributed by atoms with E-state index in [9.17, 15) is 9.18 Å². The van der Waals surface area contributed by atoms with Gasteiger partial charge < -0.3 is 15.1 Å². The summed E-state index contributed by atoms with van der Waals surface area (Å²) in [4.78, 5) is 27.0. The molecule has 2 fully saturated rings. The molecule has 0 unspecified atom stereocenters. The number of piperazine rings is 1. The molecule has 0 radical (unpaired) electrons. The Balaban J connectivity index is 1.27. The molecular weight excluding hydrogens is 465 g/mol. The molecule has 1 aliphatic heterocycles. The predicted molar refractivity (Wildman–Crippen MR) is 137 cm³/mol. The third-order valence-corrected chi connectivity index (χ3v) is 8.35. The molecule has 5 rings (SSSR count). The largest absolute Gasteiger partial charge is 0.353 e. The zero-order valence-electron chi connectivity index (χ0n) is 20.5. The van der Waals surface area contributed by atoms with Crippen molar-refractivity contribution in [2.45, 2.75) is 57.3 Å². The van der Waals surface area contributed by atoms with Crippen LogP contribution in [0.25, 0.3) is 0 Å². The molecule has 0 bridgehead atoms. The molecule has 1 N–H and O–H groups in total. The van der Waals surface area contributed by atoms with E-state index in [1.165, 1.54) is 43.0 Å². The normalized spacial score (nSPS) is 21.4. The van der Waals surface area contributed by atoms with Crippen molar-refractivity contribution >= 4 is 23.3 Å². The predicted octanol–water partition coefficient (Wildman–Crippen LogP) is 4.53. The Morgan fingerprint density at radius 2 is 1.94 bits per heavy atom. The van der Waals surface area contributed by atoms with Crippen molar-refractivity contribution in [1.82, 2.24) is 20.2 Å². The number of nitrogens with zero attached hydrogens (tertiary/aromatic N) is 4. The van der Waals surface area contributed by atoms with Crippen LogP contribution in [0, 0.1) is 11.7 Å². The lowest BCUT2D eigenvalue weighted by molar-refractivity contribution is -0.133. The lowest BCUT2D eigenvalue weighted by Crippen LogP contribution is -2.51. The maximum atomic E-state index is 14.3. The van der Waals surface area contributed by atoms with Gasteiger partial charge in [-0.25, -0.2) is 14.4 Å². The van der Waals surface area contributed by atoms with Crippen LogP contribution in [0.15, 0.2) is 24.5 Å². The molecule has 1 aromatic carbocycles. The molecule has 2 aromatic rings. The number of amides is 1. The fourth-order valence-electron chi connectivity index (χ4n) is 5.96. The third kappa shape index (κ3) is 5.31. The number of halogens is 2. The lowest BCUT2D eigenvalue weighted by atomic mass is 9.96. The topological polar surface area (TPSA) is 61.4 Å². The minimum Gasteiger partial charge on any atom is -0.353 e. The highest BCUT2D eigenvalue weighted by Gasteiger charge is 2.32. The molecule has 2 heterocycles. The number of anilines is 1. The van der Waals surface area contributed by atoms with Crippen LogP contribution in [0.2, 0.25) is 5.02 Å². The fourth-order valence-corrected chi connectivity index (χ4v) is 6.07. The van der Waals surface area contributed by atoms with Crippen molar-refractivity contribution in [3.05, 3.63) is 52.2 Å². The Hall–Kier alpha value is -2.25. The van der Waals surface area contributed by atoms with Gasteiger partial charge in [0.15, 0.2) is 0 Å². The maximum absolute atomic E-state index is 14.3. The van der Waals surface area contributed by atoms with Gasteiger partial charge in [0.1, 0.15) is 18.0 Å². The molecule has 1 saturated carbocycles. The Morgan fingerprint density at radius 1 is 1.17 bits per heavy atom. The van der Waals surface area contributed by atoms with E-state index in [4.69, 9.17) is 11.6 Å². The first-order valence-corrected chi connectivity index (χ1v) is 13.4. The van der Waals surface area contributed by atoms with Gasteiger partial charge in [-0.05, 0) is 61.8 Å². The van der Waals surface area contributed by atoms with Gasteiger partial charge in [0.05, 0.1) is 10.9 Å². The van der Waals surface area contributed by atoms with Gasteiger partial charge >= 0.3 is 0 Å². The summed E-state index contributed by atoms with van der Waals surface area (Å²) in [6, 6.07) is 4.76. The highest BCUT2D eigenvalue weighted by Crippen LogP contribution is 2.37. The second-order valence-corrected chi connectivity index (χ2v) is 10.8. The Kier molecular flexibility index (Phi) is 7.54. The van der Waals surface area contributed by atoms with Crippen molar-refractivity contribution in [2.75, 3.05) is 44.2 Å². The zero-order chi connectivity index (χ0) is 24.4. The summed E-state index contributed by atoms with van der Waals surface area (Å²) < 4.78 is 14.3. The van der Waals surface area contributed by atoms with Crippen molar-refractivity contribution in [1.29, 1.82) is 0 Å². The minimum absolute atomic E-state index is 0.0478. The standard InChI is InChI=1S/C27H35ClFN5O/c1-18-6-9-24-25(18)26(32-17-31-24)33-10-12-34(13-11-33)27(35)21(16-30-15-19-4-2-3-5-19)20-7-8-22(28)23(29)14-20/h7-8,14,17-19,21,30H,2-6,9-13,15-16H2,1H3/t18-,21-/m1/s1. The summed E-state index contributed by atoms with van der Waals surface area (Å²) >= 11 is 5.93. The SMILES string of the molecule is C[C@@H]1CCc2ncnc(N3CCN(C(=O)[C@H](CNCC4CCCC4)c4ccc(Cl)c(F)c4)CC3)c21. The summed E-state index contributed by atoms with van der Waals surface area (Å²) in [6.07, 6.45) is 8.86. The molecule has 3 aliphatic rings. The number of carbonyl (C=O) groups excluding carboxylic acids is 1. The molecule has 1 amide bonds. The fraction of sp³-hybridized carbons (Fsp3) is 0.593. The van der Waals surface area contributed by atoms with E-state index in [1.54, 1.807) is 18.5 Å². The van der Waals surface area contributed by atoms with Gasteiger partial charge in [0.2, 0.25) is 5.91 Å². The second-order valence-electron chi connectivity index (χ2n) is 10.3. The van der Waals surface area contributed by atoms with Crippen molar-refractivity contribution in [3.63, 3.8) is 0 Å². The number of rotatable bonds is 7. The zero-order valence-corrected chi connectivity index (χ0v) is 21.2. The summed E-state index contributed by atoms with van der Waals surface area (Å²) in [6.45, 7) is 6.38. The molecule has 0 spiro atoms. The number of carbonyl (C=O) groups is 1. The smallest absolute Gasteiger partial charge is 0.231 e. The quantitative estimate of drug-likeness (QED) is 0.606. The molecule has 2 atom stereocenters. The van der Waals surface area contributed by atoms with Gasteiger partial charge in [-0.3, -0.25) is 4.79 Å². The number of aromatic nitrogens is 2. The number of hydrogen-bond acceptors (Lipinski definition) is 5. The Bertz CT molecular complexity index is 1050. The van der Waals surface area contributed by atoms with E-state index in [1.807, 2.05) is 4.90 Å². The van der Waals surface area contributed by atoms with Crippen LogP contribution >= 0.6 is 11.6 Å². The van der Waals surface area contributed by atoms with Gasteiger partial charge in [-0.1, -0.05) is 37.4 Å². The highest BCUT2D eigenvalue weighted by atomic mass is 35.5. The number of nitrogens with one attached hydrogen (secondary N) is 1. The van der Waals surface area contributed by atoms with Gasteiger partial charge in [0, 0.05) is 44.0 Å². The molecule has 6 nitrogen and oxygen atoms in total. The van der Waals surface area contributed by atoms with Crippen molar-refractivity contribution < 1.29 is 9.18 Å². The first kappa shape index (κ1) is 24.4. The van der Waals surface area contributed by atoms with E-state index >= 15 is 0 Å². The van der Waals surface area contributed by atoms with E-state index in [-0.39, 0.29) is 10.9 Å². The van der Waals surface area contributed by atoms with E-state index in [0.29, 0.717) is 37.0 Å². The average molecular weight is 500 g/mol. The van der Waals surface area contributed by atoms with Crippen LogP contribution in [0.5, 0.6) is 0 Å². The molecule has 1 saturated heterocycles. The first-order valence-electron chi connectivity index (χ1n) is 13.0. The summed E-state index contributed by atoms with van der Waals surface area (Å²) in [5.41, 5.74) is 3.12. The first-order chi connectivity index (χ1) is 17.0. The van der Waals surface area contributed by atoms with Crippen molar-refractivity contribution in [2.24, 2.45) is 5.92 Å². The van der Waals surface area contributed by atoms with E-state index in [0.717, 1.165) is 38.3 Å². The maximum Gasteiger partial charge on any atom is 0.231 e. The van der Waals surface area contributed by atoms with Crippen LogP contribution in [-0.4, -0.2) is 60.0 Å². The van der Waals surface area contributed by atoms with Crippen molar-refractivity contribution in [3.8, 4) is 0 Å². The number of aryl methyl sites for hydroxylation is 1. The molecule has 1 aromatic heterocycles. The monoisotopic (exact) mass is 499 g/mol. The third-order valence-electron chi connectivity index (χ3n) is 8.04. The van der Waals surface area contributed by atoms with E-state index < -0.39 is 11.7 Å². The lowest BCUT2D eigenvalue weighted by Gasteiger charge is -2.38. The van der Waals surface area contributed by atoms with Gasteiger partial charge in [0.25, 0.3) is 0 Å². The summed E-state index contributed by atoms with van der Waals surface area (Å²) in [5, 5.41) is 3.60. The van der Waals surface area contributed by atoms with Crippen LogP contribution in [0.3, 0.4) is 0 Å². The number of hydrogen-bond donors (Lipinski definition) is 1. The number of benzene rings is 1. The number of fused-ring (bicyclic) bond motifs is 1. The Morgan fingerprint density at radius 3 is 2.69 bits per heavy atom. The molecule has 35 heavy (non-hydrogen) atoms. The minimum atomic E-state index is -0.477. The molecule has 188 valence electrons. The second kappa shape index (κ2) is 10.8. The summed E-state index contributed by atoms with van der Waals surface area (Å²) in [5.74, 6) is 1.31. The Labute approximate surface area is 212 Å². The molecule has 8 heteroatoms. The summed E-state index contributed by atoms with van der Waals surface area (Å²) in [7, 11) is 0. The van der Waals surface area contributed by atoms with Gasteiger partial charge in [-0.15, -0.1) is 0 Å².